The van der Waals surface area contributed by atoms with Crippen LogP contribution in [0.25, 0.3) is 88.7 Å². The number of rotatable bonds is 4. The van der Waals surface area contributed by atoms with Crippen molar-refractivity contribution in [2.24, 2.45) is 0 Å². The predicted molar refractivity (Wildman–Crippen MR) is 209 cm³/mol. The molecule has 0 unspecified atom stereocenters. The molecule has 0 atom stereocenters. The summed E-state index contributed by atoms with van der Waals surface area (Å²) in [6, 6.07) is 51.4. The molecule has 0 fully saturated rings. The molecule has 0 aliphatic heterocycles. The lowest BCUT2D eigenvalue weighted by Gasteiger charge is -2.22. The molecule has 10 rings (SSSR count). The zero-order valence-electron chi connectivity index (χ0n) is 28.3. The summed E-state index contributed by atoms with van der Waals surface area (Å²) < 4.78 is 0. The van der Waals surface area contributed by atoms with E-state index in [2.05, 4.69) is 135 Å². The fourth-order valence-corrected chi connectivity index (χ4v) is 7.87. The van der Waals surface area contributed by atoms with Crippen LogP contribution in [0.3, 0.4) is 0 Å². The zero-order chi connectivity index (χ0) is 34.1. The van der Waals surface area contributed by atoms with Gasteiger partial charge in [-0.1, -0.05) is 123 Å². The van der Waals surface area contributed by atoms with Gasteiger partial charge in [0, 0.05) is 56.2 Å². The van der Waals surface area contributed by atoms with Crippen molar-refractivity contribution in [1.82, 2.24) is 19.9 Å². The van der Waals surface area contributed by atoms with Gasteiger partial charge in [-0.05, 0) is 64.2 Å². The first-order valence-electron chi connectivity index (χ1n) is 17.4. The third-order valence-corrected chi connectivity index (χ3v) is 10.5. The Labute approximate surface area is 296 Å². The molecule has 51 heavy (non-hydrogen) atoms. The van der Waals surface area contributed by atoms with E-state index >= 15 is 0 Å². The normalized spacial score (nSPS) is 13.1. The fraction of sp³-hybridized carbons (Fsp3) is 0.0638. The van der Waals surface area contributed by atoms with Crippen molar-refractivity contribution in [2.45, 2.75) is 19.3 Å². The number of hydrogen-bond donors (Lipinski definition) is 0. The first-order valence-corrected chi connectivity index (χ1v) is 17.4. The summed E-state index contributed by atoms with van der Waals surface area (Å²) in [7, 11) is 0. The average Bonchev–Trinajstić information content (AvgIpc) is 3.42. The van der Waals surface area contributed by atoms with Crippen molar-refractivity contribution < 1.29 is 0 Å². The van der Waals surface area contributed by atoms with E-state index in [9.17, 15) is 0 Å². The number of aromatic nitrogens is 4. The number of fused-ring (bicyclic) bond motifs is 7. The molecule has 0 saturated carbocycles. The van der Waals surface area contributed by atoms with Crippen LogP contribution >= 0.6 is 0 Å². The van der Waals surface area contributed by atoms with E-state index in [0.29, 0.717) is 0 Å². The average molecular weight is 653 g/mol. The summed E-state index contributed by atoms with van der Waals surface area (Å²) in [5.74, 6) is 0. The second-order valence-electron chi connectivity index (χ2n) is 13.9. The third-order valence-electron chi connectivity index (χ3n) is 10.5. The van der Waals surface area contributed by atoms with Crippen LogP contribution in [0.1, 0.15) is 25.0 Å². The van der Waals surface area contributed by atoms with Gasteiger partial charge in [0.25, 0.3) is 0 Å². The lowest BCUT2D eigenvalue weighted by Crippen LogP contribution is -2.14. The largest absolute Gasteiger partial charge is 0.256 e. The molecule has 9 aromatic rings. The Morgan fingerprint density at radius 1 is 0.392 bits per heavy atom. The SMILES string of the molecule is CC1(C)c2ccccc2-c2ccc(-c3cc(-c4cnc5c(ccc6ccc(-c7ccccc7)nc65)c4)cc(-c4cccc5cccnc45)n3)cc21. The van der Waals surface area contributed by atoms with Crippen LogP contribution in [0, 0.1) is 0 Å². The molecule has 1 aliphatic carbocycles. The van der Waals surface area contributed by atoms with Crippen LogP contribution < -0.4 is 0 Å². The van der Waals surface area contributed by atoms with Crippen molar-refractivity contribution in [3.8, 4) is 56.0 Å². The Morgan fingerprint density at radius 2 is 1.14 bits per heavy atom. The van der Waals surface area contributed by atoms with E-state index in [1.807, 2.05) is 36.7 Å². The first-order chi connectivity index (χ1) is 25.0. The molecular formula is C47H32N4. The van der Waals surface area contributed by atoms with Crippen molar-refractivity contribution in [2.75, 3.05) is 0 Å². The summed E-state index contributed by atoms with van der Waals surface area (Å²) in [4.78, 5) is 20.3. The van der Waals surface area contributed by atoms with Gasteiger partial charge in [-0.2, -0.15) is 0 Å². The van der Waals surface area contributed by atoms with Crippen molar-refractivity contribution in [1.29, 1.82) is 0 Å². The molecule has 4 heterocycles. The van der Waals surface area contributed by atoms with E-state index < -0.39 is 0 Å². The van der Waals surface area contributed by atoms with E-state index in [-0.39, 0.29) is 5.41 Å². The summed E-state index contributed by atoms with van der Waals surface area (Å²) in [5.41, 5.74) is 15.9. The van der Waals surface area contributed by atoms with Gasteiger partial charge < -0.3 is 0 Å². The molecule has 240 valence electrons. The van der Waals surface area contributed by atoms with Crippen LogP contribution in [-0.4, -0.2) is 19.9 Å². The Balaban J connectivity index is 1.15. The van der Waals surface area contributed by atoms with Crippen LogP contribution in [-0.2, 0) is 5.41 Å². The van der Waals surface area contributed by atoms with Crippen molar-refractivity contribution >= 4 is 32.7 Å². The second-order valence-corrected chi connectivity index (χ2v) is 13.9. The Kier molecular flexibility index (Phi) is 6.49. The number of hydrogen-bond acceptors (Lipinski definition) is 4. The predicted octanol–water partition coefficient (Wildman–Crippen LogP) is 11.7. The molecular weight excluding hydrogens is 621 g/mol. The van der Waals surface area contributed by atoms with Gasteiger partial charge in [-0.25, -0.2) is 9.97 Å². The summed E-state index contributed by atoms with van der Waals surface area (Å²) in [6.07, 6.45) is 3.83. The van der Waals surface area contributed by atoms with Crippen molar-refractivity contribution in [3.05, 3.63) is 169 Å². The van der Waals surface area contributed by atoms with Crippen LogP contribution in [0.4, 0.5) is 0 Å². The lowest BCUT2D eigenvalue weighted by molar-refractivity contribution is 0.660. The Morgan fingerprint density at radius 3 is 2.06 bits per heavy atom. The molecule has 0 radical (unpaired) electrons. The molecule has 1 aliphatic rings. The van der Waals surface area contributed by atoms with Gasteiger partial charge in [-0.3, -0.25) is 9.97 Å². The summed E-state index contributed by atoms with van der Waals surface area (Å²) in [5, 5.41) is 3.20. The minimum absolute atomic E-state index is 0.110. The van der Waals surface area contributed by atoms with Crippen LogP contribution in [0.2, 0.25) is 0 Å². The van der Waals surface area contributed by atoms with Crippen LogP contribution in [0.5, 0.6) is 0 Å². The maximum atomic E-state index is 5.34. The molecule has 0 spiro atoms. The minimum atomic E-state index is -0.110. The third kappa shape index (κ3) is 4.75. The lowest BCUT2D eigenvalue weighted by atomic mass is 9.82. The maximum absolute atomic E-state index is 5.34. The molecule has 0 amide bonds. The first kappa shape index (κ1) is 29.4. The maximum Gasteiger partial charge on any atom is 0.0972 e. The number of para-hydroxylation sites is 1. The van der Waals surface area contributed by atoms with Gasteiger partial charge in [0.15, 0.2) is 0 Å². The van der Waals surface area contributed by atoms with Gasteiger partial charge in [0.05, 0.1) is 33.6 Å². The van der Waals surface area contributed by atoms with Crippen LogP contribution in [0.15, 0.2) is 158 Å². The summed E-state index contributed by atoms with van der Waals surface area (Å²) in [6.45, 7) is 4.64. The standard InChI is InChI=1S/C47H32N4/c1-47(2)39-16-7-6-14-36(39)37-21-19-32(25-40(37)47)42-26-34(27-43(50-42)38-15-8-12-30-13-9-23-48-44(30)38)35-24-33-18-17-31-20-22-41(29-10-4-3-5-11-29)51-46(31)45(33)49-28-35/h3-28H,1-2H3. The Bertz CT molecular complexity index is 2830. The molecule has 4 aromatic heterocycles. The zero-order valence-corrected chi connectivity index (χ0v) is 28.3. The number of benzene rings is 5. The fourth-order valence-electron chi connectivity index (χ4n) is 7.87. The van der Waals surface area contributed by atoms with E-state index in [1.165, 1.54) is 22.3 Å². The second kappa shape index (κ2) is 11.3. The quantitative estimate of drug-likeness (QED) is 0.178. The highest BCUT2D eigenvalue weighted by Gasteiger charge is 2.35. The number of nitrogens with zero attached hydrogens (tertiary/aromatic N) is 4. The highest BCUT2D eigenvalue weighted by molar-refractivity contribution is 6.04. The van der Waals surface area contributed by atoms with E-state index in [0.717, 1.165) is 77.6 Å². The van der Waals surface area contributed by atoms with E-state index in [4.69, 9.17) is 19.9 Å². The van der Waals surface area contributed by atoms with Gasteiger partial charge in [0.2, 0.25) is 0 Å². The van der Waals surface area contributed by atoms with Gasteiger partial charge in [-0.15, -0.1) is 0 Å². The molecule has 5 aromatic carbocycles. The number of pyridine rings is 4. The smallest absolute Gasteiger partial charge is 0.0972 e. The molecule has 4 nitrogen and oxygen atoms in total. The molecule has 4 heteroatoms. The van der Waals surface area contributed by atoms with E-state index in [1.54, 1.807) is 0 Å². The summed E-state index contributed by atoms with van der Waals surface area (Å²) >= 11 is 0. The monoisotopic (exact) mass is 652 g/mol. The molecule has 0 N–H and O–H groups in total. The molecule has 0 bridgehead atoms. The topological polar surface area (TPSA) is 51.6 Å². The van der Waals surface area contributed by atoms with Crippen molar-refractivity contribution in [3.63, 3.8) is 0 Å². The Hall–Kier alpha value is -6.52. The minimum Gasteiger partial charge on any atom is -0.256 e. The van der Waals surface area contributed by atoms with Gasteiger partial charge >= 0.3 is 0 Å². The highest BCUT2D eigenvalue weighted by atomic mass is 14.8. The highest BCUT2D eigenvalue weighted by Crippen LogP contribution is 2.49. The molecule has 0 saturated heterocycles. The van der Waals surface area contributed by atoms with Gasteiger partial charge in [0.1, 0.15) is 0 Å².